The molecule has 0 aliphatic heterocycles. The molecule has 1 fully saturated rings. The lowest BCUT2D eigenvalue weighted by molar-refractivity contribution is -0.122. The van der Waals surface area contributed by atoms with E-state index >= 15 is 0 Å². The third kappa shape index (κ3) is 2.80. The molecule has 0 aromatic heterocycles. The van der Waals surface area contributed by atoms with Crippen LogP contribution in [0.4, 0.5) is 0 Å². The fraction of sp³-hybridized carbons (Fsp3) is 0.385. The Morgan fingerprint density at radius 1 is 1.44 bits per heavy atom. The second kappa shape index (κ2) is 5.08. The van der Waals surface area contributed by atoms with Gasteiger partial charge in [0.15, 0.2) is 0 Å². The topological polar surface area (TPSA) is 75.6 Å². The predicted octanol–water partition coefficient (Wildman–Crippen LogP) is 1.42. The van der Waals surface area contributed by atoms with Gasteiger partial charge in [-0.05, 0) is 30.5 Å². The van der Waals surface area contributed by atoms with Crippen molar-refractivity contribution in [3.05, 3.63) is 29.3 Å². The van der Waals surface area contributed by atoms with Crippen LogP contribution < -0.4 is 10.1 Å². The third-order valence-corrected chi connectivity index (χ3v) is 2.91. The molecule has 5 nitrogen and oxygen atoms in total. The van der Waals surface area contributed by atoms with Gasteiger partial charge < -0.3 is 15.2 Å². The standard InChI is InChI=1S/C13H15NO4/c1-18-11-5-2-8(6-10(11)13(16)17)7-14-12(15)9-3-4-9/h2,5-6,9H,3-4,7H2,1H3,(H,14,15)(H,16,17). The quantitative estimate of drug-likeness (QED) is 0.827. The van der Waals surface area contributed by atoms with Crippen LogP contribution in [-0.2, 0) is 11.3 Å². The van der Waals surface area contributed by atoms with Gasteiger partial charge in [-0.25, -0.2) is 4.79 Å². The molecule has 1 aliphatic rings. The molecule has 1 aromatic carbocycles. The van der Waals surface area contributed by atoms with Crippen molar-refractivity contribution < 1.29 is 19.4 Å². The monoisotopic (exact) mass is 249 g/mol. The molecule has 0 atom stereocenters. The first-order valence-corrected chi connectivity index (χ1v) is 5.79. The molecule has 0 bridgehead atoms. The van der Waals surface area contributed by atoms with Gasteiger partial charge in [0.05, 0.1) is 7.11 Å². The van der Waals surface area contributed by atoms with Crippen LogP contribution in [0.15, 0.2) is 18.2 Å². The molecule has 0 radical (unpaired) electrons. The number of carboxylic acids is 1. The Morgan fingerprint density at radius 3 is 2.72 bits per heavy atom. The van der Waals surface area contributed by atoms with Gasteiger partial charge in [0.2, 0.25) is 5.91 Å². The largest absolute Gasteiger partial charge is 0.496 e. The zero-order valence-electron chi connectivity index (χ0n) is 10.1. The number of carboxylic acid groups (broad SMARTS) is 1. The van der Waals surface area contributed by atoms with Crippen LogP contribution in [-0.4, -0.2) is 24.1 Å². The third-order valence-electron chi connectivity index (χ3n) is 2.91. The lowest BCUT2D eigenvalue weighted by atomic mass is 10.1. The van der Waals surface area contributed by atoms with Crippen molar-refractivity contribution in [2.24, 2.45) is 5.92 Å². The molecule has 0 heterocycles. The first kappa shape index (κ1) is 12.4. The fourth-order valence-electron chi connectivity index (χ4n) is 1.71. The van der Waals surface area contributed by atoms with Gasteiger partial charge in [-0.2, -0.15) is 0 Å². The van der Waals surface area contributed by atoms with E-state index in [0.29, 0.717) is 12.3 Å². The van der Waals surface area contributed by atoms with Gasteiger partial charge in [-0.3, -0.25) is 4.79 Å². The van der Waals surface area contributed by atoms with Crippen LogP contribution in [0.25, 0.3) is 0 Å². The van der Waals surface area contributed by atoms with Crippen molar-refractivity contribution in [1.82, 2.24) is 5.32 Å². The maximum absolute atomic E-state index is 11.5. The lowest BCUT2D eigenvalue weighted by Crippen LogP contribution is -2.24. The highest BCUT2D eigenvalue weighted by molar-refractivity contribution is 5.91. The number of carbonyl (C=O) groups excluding carboxylic acids is 1. The minimum atomic E-state index is -1.04. The van der Waals surface area contributed by atoms with E-state index in [-0.39, 0.29) is 17.4 Å². The number of nitrogens with one attached hydrogen (secondary N) is 1. The molecule has 2 rings (SSSR count). The van der Waals surface area contributed by atoms with E-state index in [4.69, 9.17) is 9.84 Å². The van der Waals surface area contributed by atoms with E-state index in [1.165, 1.54) is 13.2 Å². The first-order chi connectivity index (χ1) is 8.61. The van der Waals surface area contributed by atoms with Gasteiger partial charge in [0, 0.05) is 12.5 Å². The summed E-state index contributed by atoms with van der Waals surface area (Å²) < 4.78 is 4.97. The highest BCUT2D eigenvalue weighted by Crippen LogP contribution is 2.29. The van der Waals surface area contributed by atoms with Gasteiger partial charge in [-0.1, -0.05) is 6.07 Å². The molecule has 96 valence electrons. The van der Waals surface area contributed by atoms with E-state index < -0.39 is 5.97 Å². The molecule has 1 amide bonds. The summed E-state index contributed by atoms with van der Waals surface area (Å²) in [6, 6.07) is 4.87. The summed E-state index contributed by atoms with van der Waals surface area (Å²) in [6.45, 7) is 0.347. The van der Waals surface area contributed by atoms with Crippen molar-refractivity contribution >= 4 is 11.9 Å². The van der Waals surface area contributed by atoms with E-state index in [1.807, 2.05) is 0 Å². The summed E-state index contributed by atoms with van der Waals surface area (Å²) in [4.78, 5) is 22.5. The average Bonchev–Trinajstić information content (AvgIpc) is 3.19. The van der Waals surface area contributed by atoms with Crippen molar-refractivity contribution in [2.45, 2.75) is 19.4 Å². The van der Waals surface area contributed by atoms with E-state index in [1.54, 1.807) is 12.1 Å². The highest BCUT2D eigenvalue weighted by atomic mass is 16.5. The van der Waals surface area contributed by atoms with Gasteiger partial charge in [0.1, 0.15) is 11.3 Å². The Morgan fingerprint density at radius 2 is 2.17 bits per heavy atom. The number of amides is 1. The second-order valence-corrected chi connectivity index (χ2v) is 4.33. The number of rotatable bonds is 5. The predicted molar refractivity (Wildman–Crippen MR) is 64.5 cm³/mol. The summed E-state index contributed by atoms with van der Waals surface area (Å²) in [6.07, 6.45) is 1.91. The van der Waals surface area contributed by atoms with Crippen LogP contribution in [0.3, 0.4) is 0 Å². The average molecular weight is 249 g/mol. The molecule has 0 saturated heterocycles. The Labute approximate surface area is 105 Å². The molecular weight excluding hydrogens is 234 g/mol. The summed E-state index contributed by atoms with van der Waals surface area (Å²) in [7, 11) is 1.43. The summed E-state index contributed by atoms with van der Waals surface area (Å²) in [5.41, 5.74) is 0.859. The Kier molecular flexibility index (Phi) is 3.50. The summed E-state index contributed by atoms with van der Waals surface area (Å²) in [5, 5.41) is 11.8. The van der Waals surface area contributed by atoms with Gasteiger partial charge in [0.25, 0.3) is 0 Å². The molecule has 5 heteroatoms. The van der Waals surface area contributed by atoms with Crippen molar-refractivity contribution in [3.63, 3.8) is 0 Å². The zero-order chi connectivity index (χ0) is 13.1. The van der Waals surface area contributed by atoms with Crippen molar-refractivity contribution in [2.75, 3.05) is 7.11 Å². The second-order valence-electron chi connectivity index (χ2n) is 4.33. The molecule has 0 spiro atoms. The van der Waals surface area contributed by atoms with Gasteiger partial charge >= 0.3 is 5.97 Å². The first-order valence-electron chi connectivity index (χ1n) is 5.79. The minimum absolute atomic E-state index is 0.0442. The minimum Gasteiger partial charge on any atom is -0.496 e. The summed E-state index contributed by atoms with van der Waals surface area (Å²) >= 11 is 0. The number of methoxy groups -OCH3 is 1. The Bertz CT molecular complexity index is 480. The Balaban J connectivity index is 2.06. The Hall–Kier alpha value is -2.04. The molecule has 18 heavy (non-hydrogen) atoms. The summed E-state index contributed by atoms with van der Waals surface area (Å²) in [5.74, 6) is -0.521. The molecular formula is C13H15NO4. The fourth-order valence-corrected chi connectivity index (χ4v) is 1.71. The number of carbonyl (C=O) groups is 2. The van der Waals surface area contributed by atoms with Gasteiger partial charge in [-0.15, -0.1) is 0 Å². The lowest BCUT2D eigenvalue weighted by Gasteiger charge is -2.08. The normalized spacial score (nSPS) is 14.1. The SMILES string of the molecule is COc1ccc(CNC(=O)C2CC2)cc1C(=O)O. The van der Waals surface area contributed by atoms with Crippen LogP contribution >= 0.6 is 0 Å². The maximum atomic E-state index is 11.5. The van der Waals surface area contributed by atoms with E-state index in [0.717, 1.165) is 18.4 Å². The smallest absolute Gasteiger partial charge is 0.339 e. The highest BCUT2D eigenvalue weighted by Gasteiger charge is 2.29. The molecule has 2 N–H and O–H groups in total. The van der Waals surface area contributed by atoms with Crippen molar-refractivity contribution in [3.8, 4) is 5.75 Å². The van der Waals surface area contributed by atoms with Crippen LogP contribution in [0.1, 0.15) is 28.8 Å². The number of ether oxygens (including phenoxy) is 1. The van der Waals surface area contributed by atoms with E-state index in [2.05, 4.69) is 5.32 Å². The number of aromatic carboxylic acids is 1. The van der Waals surface area contributed by atoms with E-state index in [9.17, 15) is 9.59 Å². The molecule has 1 aromatic rings. The number of hydrogen-bond acceptors (Lipinski definition) is 3. The molecule has 1 aliphatic carbocycles. The number of benzene rings is 1. The molecule has 0 unspecified atom stereocenters. The number of hydrogen-bond donors (Lipinski definition) is 2. The van der Waals surface area contributed by atoms with Crippen LogP contribution in [0.5, 0.6) is 5.75 Å². The van der Waals surface area contributed by atoms with Crippen molar-refractivity contribution in [1.29, 1.82) is 0 Å². The zero-order valence-corrected chi connectivity index (χ0v) is 10.1. The van der Waals surface area contributed by atoms with Crippen LogP contribution in [0.2, 0.25) is 0 Å². The van der Waals surface area contributed by atoms with Crippen LogP contribution in [0, 0.1) is 5.92 Å². The molecule has 1 saturated carbocycles. The maximum Gasteiger partial charge on any atom is 0.339 e.